The fraction of sp³-hybridized carbons (Fsp3) is 0.900. The molecule has 3 nitrogen and oxygen atoms in total. The Morgan fingerprint density at radius 3 is 2.69 bits per heavy atom. The van der Waals surface area contributed by atoms with Gasteiger partial charge in [0, 0.05) is 12.6 Å². The Morgan fingerprint density at radius 1 is 1.69 bits per heavy atom. The summed E-state index contributed by atoms with van der Waals surface area (Å²) >= 11 is 0. The van der Waals surface area contributed by atoms with E-state index in [1.54, 1.807) is 6.92 Å². The normalized spacial score (nSPS) is 32.0. The Labute approximate surface area is 79.7 Å². The van der Waals surface area contributed by atoms with Crippen LogP contribution < -0.4 is 0 Å². The third-order valence-electron chi connectivity index (χ3n) is 3.28. The molecule has 1 saturated heterocycles. The van der Waals surface area contributed by atoms with Crippen molar-refractivity contribution in [3.63, 3.8) is 0 Å². The van der Waals surface area contributed by atoms with Crippen LogP contribution in [0.2, 0.25) is 0 Å². The molecule has 76 valence electrons. The van der Waals surface area contributed by atoms with Crippen LogP contribution in [-0.2, 0) is 4.79 Å². The van der Waals surface area contributed by atoms with E-state index in [1.807, 2.05) is 6.92 Å². The van der Waals surface area contributed by atoms with Crippen molar-refractivity contribution in [3.8, 4) is 0 Å². The Hall–Kier alpha value is -0.410. The molecule has 13 heavy (non-hydrogen) atoms. The number of nitrogens with zero attached hydrogens (tertiary/aromatic N) is 1. The SMILES string of the molecule is CC(=O)C(C)N1CCC(CO)C1C. The lowest BCUT2D eigenvalue weighted by Crippen LogP contribution is -2.41. The van der Waals surface area contributed by atoms with Crippen LogP contribution in [0.15, 0.2) is 0 Å². The number of aliphatic hydroxyl groups is 1. The van der Waals surface area contributed by atoms with Crippen LogP contribution in [0, 0.1) is 5.92 Å². The third-order valence-corrected chi connectivity index (χ3v) is 3.28. The highest BCUT2D eigenvalue weighted by Gasteiger charge is 2.34. The maximum Gasteiger partial charge on any atom is 0.146 e. The molecular weight excluding hydrogens is 166 g/mol. The van der Waals surface area contributed by atoms with Crippen molar-refractivity contribution < 1.29 is 9.90 Å². The lowest BCUT2D eigenvalue weighted by molar-refractivity contribution is -0.122. The van der Waals surface area contributed by atoms with Gasteiger partial charge in [-0.3, -0.25) is 9.69 Å². The summed E-state index contributed by atoms with van der Waals surface area (Å²) < 4.78 is 0. The predicted octanol–water partition coefficient (Wildman–Crippen LogP) is 0.667. The zero-order chi connectivity index (χ0) is 10.0. The second kappa shape index (κ2) is 4.20. The van der Waals surface area contributed by atoms with Crippen molar-refractivity contribution in [2.24, 2.45) is 5.92 Å². The highest BCUT2D eigenvalue weighted by atomic mass is 16.3. The number of likely N-dealkylation sites (tertiary alicyclic amines) is 1. The van der Waals surface area contributed by atoms with Gasteiger partial charge in [0.25, 0.3) is 0 Å². The number of rotatable bonds is 3. The molecule has 3 heteroatoms. The zero-order valence-electron chi connectivity index (χ0n) is 8.66. The summed E-state index contributed by atoms with van der Waals surface area (Å²) in [5.41, 5.74) is 0. The average Bonchev–Trinajstić information content (AvgIpc) is 2.45. The molecule has 0 amide bonds. The summed E-state index contributed by atoms with van der Waals surface area (Å²) in [6, 6.07) is 0.343. The number of hydrogen-bond acceptors (Lipinski definition) is 3. The van der Waals surface area contributed by atoms with Gasteiger partial charge in [-0.05, 0) is 39.7 Å². The molecule has 1 aliphatic heterocycles. The lowest BCUT2D eigenvalue weighted by atomic mass is 10.0. The van der Waals surface area contributed by atoms with E-state index < -0.39 is 0 Å². The predicted molar refractivity (Wildman–Crippen MR) is 51.5 cm³/mol. The van der Waals surface area contributed by atoms with Crippen LogP contribution in [0.1, 0.15) is 27.2 Å². The van der Waals surface area contributed by atoms with E-state index in [4.69, 9.17) is 5.11 Å². The Kier molecular flexibility index (Phi) is 3.45. The summed E-state index contributed by atoms with van der Waals surface area (Å²) in [6.45, 7) is 6.84. The Balaban J connectivity index is 2.58. The van der Waals surface area contributed by atoms with Crippen LogP contribution >= 0.6 is 0 Å². The van der Waals surface area contributed by atoms with E-state index >= 15 is 0 Å². The third kappa shape index (κ3) is 2.09. The van der Waals surface area contributed by atoms with Gasteiger partial charge in [-0.1, -0.05) is 0 Å². The van der Waals surface area contributed by atoms with Gasteiger partial charge in [-0.15, -0.1) is 0 Å². The van der Waals surface area contributed by atoms with Crippen LogP contribution in [0.3, 0.4) is 0 Å². The molecule has 3 unspecified atom stereocenters. The summed E-state index contributed by atoms with van der Waals surface area (Å²) in [5.74, 6) is 0.562. The average molecular weight is 185 g/mol. The first kappa shape index (κ1) is 10.7. The summed E-state index contributed by atoms with van der Waals surface area (Å²) in [5, 5.41) is 9.06. The number of carbonyl (C=O) groups is 1. The van der Waals surface area contributed by atoms with Crippen LogP contribution in [0.4, 0.5) is 0 Å². The molecule has 3 atom stereocenters. The molecule has 1 rings (SSSR count). The molecule has 0 radical (unpaired) electrons. The first-order valence-corrected chi connectivity index (χ1v) is 4.95. The van der Waals surface area contributed by atoms with Gasteiger partial charge in [-0.2, -0.15) is 0 Å². The minimum Gasteiger partial charge on any atom is -0.396 e. The topological polar surface area (TPSA) is 40.5 Å². The summed E-state index contributed by atoms with van der Waals surface area (Å²) in [4.78, 5) is 13.4. The molecule has 1 aliphatic rings. The highest BCUT2D eigenvalue weighted by molar-refractivity contribution is 5.81. The van der Waals surface area contributed by atoms with E-state index in [2.05, 4.69) is 11.8 Å². The minimum absolute atomic E-state index is 0.00606. The molecule has 0 bridgehead atoms. The van der Waals surface area contributed by atoms with Gasteiger partial charge >= 0.3 is 0 Å². The van der Waals surface area contributed by atoms with Crippen molar-refractivity contribution in [2.75, 3.05) is 13.2 Å². The second-order valence-corrected chi connectivity index (χ2v) is 4.00. The highest BCUT2D eigenvalue weighted by Crippen LogP contribution is 2.25. The van der Waals surface area contributed by atoms with Gasteiger partial charge in [0.15, 0.2) is 0 Å². The van der Waals surface area contributed by atoms with Crippen LogP contribution in [0.25, 0.3) is 0 Å². The maximum atomic E-state index is 11.2. The first-order valence-electron chi connectivity index (χ1n) is 4.95. The minimum atomic E-state index is 0.00606. The van der Waals surface area contributed by atoms with E-state index in [9.17, 15) is 4.79 Å². The van der Waals surface area contributed by atoms with E-state index in [0.29, 0.717) is 12.0 Å². The molecule has 1 N–H and O–H groups in total. The number of Topliss-reactive ketones (excluding diaryl/α,β-unsaturated/α-hetero) is 1. The van der Waals surface area contributed by atoms with Crippen molar-refractivity contribution in [2.45, 2.75) is 39.3 Å². The van der Waals surface area contributed by atoms with Gasteiger partial charge in [0.1, 0.15) is 5.78 Å². The van der Waals surface area contributed by atoms with E-state index in [1.165, 1.54) is 0 Å². The van der Waals surface area contributed by atoms with Crippen molar-refractivity contribution in [1.82, 2.24) is 4.90 Å². The van der Waals surface area contributed by atoms with E-state index in [-0.39, 0.29) is 18.4 Å². The molecule has 0 aromatic rings. The molecule has 1 fully saturated rings. The molecule has 0 aromatic heterocycles. The molecule has 0 saturated carbocycles. The molecule has 0 aliphatic carbocycles. The molecule has 1 heterocycles. The van der Waals surface area contributed by atoms with Gasteiger partial charge in [-0.25, -0.2) is 0 Å². The standard InChI is InChI=1S/C10H19NO2/c1-7(9(3)13)11-5-4-10(6-12)8(11)2/h7-8,10,12H,4-6H2,1-3H3. The van der Waals surface area contributed by atoms with Crippen LogP contribution in [0.5, 0.6) is 0 Å². The van der Waals surface area contributed by atoms with Crippen molar-refractivity contribution in [1.29, 1.82) is 0 Å². The van der Waals surface area contributed by atoms with Crippen molar-refractivity contribution >= 4 is 5.78 Å². The molecule has 0 aromatic carbocycles. The number of ketones is 1. The van der Waals surface area contributed by atoms with Gasteiger partial charge < -0.3 is 5.11 Å². The quantitative estimate of drug-likeness (QED) is 0.702. The maximum absolute atomic E-state index is 11.2. The first-order chi connectivity index (χ1) is 6.07. The monoisotopic (exact) mass is 185 g/mol. The molecular formula is C10H19NO2. The number of aliphatic hydroxyl groups excluding tert-OH is 1. The number of carbonyl (C=O) groups excluding carboxylic acids is 1. The molecule has 0 spiro atoms. The zero-order valence-corrected chi connectivity index (χ0v) is 8.66. The summed E-state index contributed by atoms with van der Waals surface area (Å²) in [6.07, 6.45) is 1.01. The van der Waals surface area contributed by atoms with E-state index in [0.717, 1.165) is 13.0 Å². The summed E-state index contributed by atoms with van der Waals surface area (Å²) in [7, 11) is 0. The van der Waals surface area contributed by atoms with Crippen LogP contribution in [-0.4, -0.2) is 41.0 Å². The second-order valence-electron chi connectivity index (χ2n) is 4.00. The smallest absolute Gasteiger partial charge is 0.146 e. The fourth-order valence-electron chi connectivity index (χ4n) is 2.05. The van der Waals surface area contributed by atoms with Crippen molar-refractivity contribution in [3.05, 3.63) is 0 Å². The Bertz CT molecular complexity index is 193. The fourth-order valence-corrected chi connectivity index (χ4v) is 2.05. The lowest BCUT2D eigenvalue weighted by Gasteiger charge is -2.28. The van der Waals surface area contributed by atoms with Gasteiger partial charge in [0.2, 0.25) is 0 Å². The van der Waals surface area contributed by atoms with Gasteiger partial charge in [0.05, 0.1) is 6.04 Å². The number of hydrogen-bond donors (Lipinski definition) is 1. The largest absolute Gasteiger partial charge is 0.396 e. The Morgan fingerprint density at radius 2 is 2.31 bits per heavy atom.